The molecule has 10 heteroatoms. The van der Waals surface area contributed by atoms with Gasteiger partial charge in [-0.3, -0.25) is 4.68 Å². The Bertz CT molecular complexity index is 1150. The fourth-order valence-electron chi connectivity index (χ4n) is 3.50. The van der Waals surface area contributed by atoms with Gasteiger partial charge < -0.3 is 4.98 Å². The van der Waals surface area contributed by atoms with Crippen LogP contribution in [0.5, 0.6) is 0 Å². The first kappa shape index (κ1) is 17.6. The Hall–Kier alpha value is -2.77. The Morgan fingerprint density at radius 1 is 1.37 bits per heavy atom. The van der Waals surface area contributed by atoms with Crippen LogP contribution in [0.1, 0.15) is 19.0 Å². The number of rotatable bonds is 5. The molecule has 1 fully saturated rings. The molecule has 1 aliphatic rings. The summed E-state index contributed by atoms with van der Waals surface area (Å²) in [5.74, 6) is 0.0470. The molecule has 0 saturated carbocycles. The molecule has 3 aromatic heterocycles. The summed E-state index contributed by atoms with van der Waals surface area (Å²) < 4.78 is 27.4. The highest BCUT2D eigenvalue weighted by Crippen LogP contribution is 2.36. The zero-order valence-corrected chi connectivity index (χ0v) is 15.9. The number of nitriles is 1. The van der Waals surface area contributed by atoms with E-state index in [2.05, 4.69) is 26.1 Å². The van der Waals surface area contributed by atoms with E-state index in [0.717, 1.165) is 28.0 Å². The van der Waals surface area contributed by atoms with Crippen LogP contribution >= 0.6 is 0 Å². The zero-order valence-electron chi connectivity index (χ0n) is 15.0. The summed E-state index contributed by atoms with van der Waals surface area (Å²) in [6.45, 7) is 4.00. The Kier molecular flexibility index (Phi) is 4.01. The van der Waals surface area contributed by atoms with Crippen LogP contribution in [0, 0.1) is 18.3 Å². The van der Waals surface area contributed by atoms with Gasteiger partial charge in [0.2, 0.25) is 10.0 Å². The van der Waals surface area contributed by atoms with Crippen molar-refractivity contribution in [2.75, 3.05) is 18.8 Å². The summed E-state index contributed by atoms with van der Waals surface area (Å²) in [6.07, 6.45) is 5.35. The molecule has 0 amide bonds. The fourth-order valence-corrected chi connectivity index (χ4v) is 4.74. The number of aromatic amines is 1. The molecule has 140 valence electrons. The van der Waals surface area contributed by atoms with Crippen LogP contribution in [0.4, 0.5) is 0 Å². The van der Waals surface area contributed by atoms with Gasteiger partial charge in [-0.25, -0.2) is 18.4 Å². The lowest BCUT2D eigenvalue weighted by Gasteiger charge is -2.47. The first-order valence-electron chi connectivity index (χ1n) is 8.60. The lowest BCUT2D eigenvalue weighted by molar-refractivity contribution is 0.0716. The predicted octanol–water partition coefficient (Wildman–Crippen LogP) is 1.40. The van der Waals surface area contributed by atoms with Gasteiger partial charge in [-0.2, -0.15) is 14.7 Å². The van der Waals surface area contributed by atoms with Gasteiger partial charge in [-0.15, -0.1) is 0 Å². The second-order valence-electron chi connectivity index (χ2n) is 6.76. The molecule has 0 spiro atoms. The zero-order chi connectivity index (χ0) is 19.2. The van der Waals surface area contributed by atoms with Crippen LogP contribution in [0.15, 0.2) is 24.8 Å². The normalized spacial score (nSPS) is 16.9. The van der Waals surface area contributed by atoms with E-state index >= 15 is 0 Å². The van der Waals surface area contributed by atoms with E-state index < -0.39 is 15.6 Å². The summed E-state index contributed by atoms with van der Waals surface area (Å²) in [5.41, 5.74) is 2.46. The summed E-state index contributed by atoms with van der Waals surface area (Å²) in [7, 11) is -3.28. The molecule has 9 nitrogen and oxygen atoms in total. The van der Waals surface area contributed by atoms with Crippen molar-refractivity contribution in [2.24, 2.45) is 0 Å². The minimum atomic E-state index is -3.28. The SMILES string of the molecule is CCS(=O)(=O)N1CC(CC#N)(n2cc(-c3ncnc4[nH]ccc34)c(C)n2)C1. The van der Waals surface area contributed by atoms with Gasteiger partial charge in [-0.1, -0.05) is 0 Å². The van der Waals surface area contributed by atoms with E-state index in [1.165, 1.54) is 10.6 Å². The van der Waals surface area contributed by atoms with Gasteiger partial charge in [0.25, 0.3) is 0 Å². The number of hydrogen-bond donors (Lipinski definition) is 1. The molecule has 27 heavy (non-hydrogen) atoms. The van der Waals surface area contributed by atoms with Crippen molar-refractivity contribution in [1.29, 1.82) is 5.26 Å². The van der Waals surface area contributed by atoms with Crippen LogP contribution < -0.4 is 0 Å². The molecule has 0 aliphatic carbocycles. The molecule has 4 rings (SSSR count). The minimum Gasteiger partial charge on any atom is -0.346 e. The molecular weight excluding hydrogens is 366 g/mol. The maximum absolute atomic E-state index is 12.1. The quantitative estimate of drug-likeness (QED) is 0.709. The van der Waals surface area contributed by atoms with Crippen LogP contribution in [-0.4, -0.2) is 56.3 Å². The second-order valence-corrected chi connectivity index (χ2v) is 9.02. The molecule has 4 heterocycles. The number of fused-ring (bicyclic) bond motifs is 1. The minimum absolute atomic E-state index is 0.0470. The van der Waals surface area contributed by atoms with Crippen molar-refractivity contribution in [3.63, 3.8) is 0 Å². The number of nitrogens with one attached hydrogen (secondary N) is 1. The van der Waals surface area contributed by atoms with Gasteiger partial charge in [0.05, 0.1) is 29.6 Å². The number of nitrogens with zero attached hydrogens (tertiary/aromatic N) is 6. The third-order valence-corrected chi connectivity index (χ3v) is 6.88. The van der Waals surface area contributed by atoms with Crippen molar-refractivity contribution >= 4 is 21.1 Å². The highest BCUT2D eigenvalue weighted by atomic mass is 32.2. The fraction of sp³-hybridized carbons (Fsp3) is 0.412. The van der Waals surface area contributed by atoms with Crippen LogP contribution in [-0.2, 0) is 15.6 Å². The van der Waals surface area contributed by atoms with Gasteiger partial charge in [-0.05, 0) is 19.9 Å². The van der Waals surface area contributed by atoms with Gasteiger partial charge in [0.1, 0.15) is 17.5 Å². The largest absolute Gasteiger partial charge is 0.346 e. The molecule has 0 aromatic carbocycles. The average Bonchev–Trinajstić information content (AvgIpc) is 3.24. The molecule has 3 aromatic rings. The summed E-state index contributed by atoms with van der Waals surface area (Å²) in [4.78, 5) is 11.7. The highest BCUT2D eigenvalue weighted by molar-refractivity contribution is 7.89. The first-order valence-corrected chi connectivity index (χ1v) is 10.2. The molecule has 1 saturated heterocycles. The van der Waals surface area contributed by atoms with E-state index in [-0.39, 0.29) is 25.3 Å². The average molecular weight is 385 g/mol. The third kappa shape index (κ3) is 2.70. The molecule has 0 unspecified atom stereocenters. The smallest absolute Gasteiger partial charge is 0.213 e. The maximum Gasteiger partial charge on any atom is 0.213 e. The highest BCUT2D eigenvalue weighted by Gasteiger charge is 2.50. The van der Waals surface area contributed by atoms with Crippen molar-refractivity contribution in [2.45, 2.75) is 25.8 Å². The van der Waals surface area contributed by atoms with Crippen molar-refractivity contribution in [1.82, 2.24) is 29.0 Å². The Labute approximate surface area is 156 Å². The molecule has 0 atom stereocenters. The first-order chi connectivity index (χ1) is 12.9. The van der Waals surface area contributed by atoms with Gasteiger partial charge in [0.15, 0.2) is 0 Å². The van der Waals surface area contributed by atoms with E-state index in [1.807, 2.05) is 19.2 Å². The number of aryl methyl sites for hydroxylation is 1. The molecule has 1 aliphatic heterocycles. The van der Waals surface area contributed by atoms with Crippen LogP contribution in [0.3, 0.4) is 0 Å². The second kappa shape index (κ2) is 6.14. The van der Waals surface area contributed by atoms with Crippen LogP contribution in [0.2, 0.25) is 0 Å². The van der Waals surface area contributed by atoms with Crippen molar-refractivity contribution in [3.05, 3.63) is 30.5 Å². The number of hydrogen-bond acceptors (Lipinski definition) is 6. The third-order valence-electron chi connectivity index (χ3n) is 5.10. The maximum atomic E-state index is 12.1. The topological polar surface area (TPSA) is 121 Å². The Morgan fingerprint density at radius 3 is 2.85 bits per heavy atom. The standard InChI is InChI=1S/C17H19N7O2S/c1-3-27(25,26)23-9-17(10-23,5-6-18)24-8-14(12(2)22-24)15-13-4-7-19-16(13)21-11-20-15/h4,7-8,11H,3,5,9-10H2,1-2H3,(H,19,20,21). The van der Waals surface area contributed by atoms with E-state index in [1.54, 1.807) is 17.8 Å². The molecule has 0 bridgehead atoms. The molecular formula is C17H19N7O2S. The lowest BCUT2D eigenvalue weighted by Crippen LogP contribution is -2.64. The van der Waals surface area contributed by atoms with E-state index in [0.29, 0.717) is 0 Å². The summed E-state index contributed by atoms with van der Waals surface area (Å²) in [5, 5.41) is 14.8. The van der Waals surface area contributed by atoms with Crippen molar-refractivity contribution in [3.8, 4) is 17.3 Å². The van der Waals surface area contributed by atoms with Crippen molar-refractivity contribution < 1.29 is 8.42 Å². The van der Waals surface area contributed by atoms with Gasteiger partial charge in [0, 0.05) is 36.4 Å². The molecule has 0 radical (unpaired) electrons. The monoisotopic (exact) mass is 385 g/mol. The molecule has 1 N–H and O–H groups in total. The van der Waals surface area contributed by atoms with Gasteiger partial charge >= 0.3 is 0 Å². The Balaban J connectivity index is 1.74. The summed E-state index contributed by atoms with van der Waals surface area (Å²) in [6, 6.07) is 4.09. The number of H-pyrrole nitrogens is 1. The Morgan fingerprint density at radius 2 is 2.15 bits per heavy atom. The number of sulfonamides is 1. The van der Waals surface area contributed by atoms with E-state index in [4.69, 9.17) is 0 Å². The summed E-state index contributed by atoms with van der Waals surface area (Å²) >= 11 is 0. The van der Waals surface area contributed by atoms with E-state index in [9.17, 15) is 13.7 Å². The lowest BCUT2D eigenvalue weighted by atomic mass is 9.89. The number of aromatic nitrogens is 5. The van der Waals surface area contributed by atoms with Crippen LogP contribution in [0.25, 0.3) is 22.3 Å². The predicted molar refractivity (Wildman–Crippen MR) is 99.1 cm³/mol.